The maximum atomic E-state index is 13.1. The van der Waals surface area contributed by atoms with E-state index in [9.17, 15) is 14.9 Å². The Kier molecular flexibility index (Phi) is 8.55. The van der Waals surface area contributed by atoms with Crippen molar-refractivity contribution in [2.45, 2.75) is 65.2 Å². The van der Waals surface area contributed by atoms with Gasteiger partial charge in [0.15, 0.2) is 0 Å². The van der Waals surface area contributed by atoms with E-state index in [0.717, 1.165) is 63.0 Å². The molecule has 2 saturated heterocycles. The maximum absolute atomic E-state index is 13.1. The zero-order valence-electron chi connectivity index (χ0n) is 19.3. The summed E-state index contributed by atoms with van der Waals surface area (Å²) in [6.07, 6.45) is 10.6. The van der Waals surface area contributed by atoms with Gasteiger partial charge in [-0.3, -0.25) is 19.1 Å². The molecule has 1 amide bonds. The first-order valence-corrected chi connectivity index (χ1v) is 12.8. The molecule has 1 aromatic heterocycles. The second-order valence-electron chi connectivity index (χ2n) is 8.51. The zero-order valence-corrected chi connectivity index (χ0v) is 20.9. The molecule has 3 heterocycles. The van der Waals surface area contributed by atoms with Crippen molar-refractivity contribution in [2.24, 2.45) is 7.05 Å². The lowest BCUT2D eigenvalue weighted by molar-refractivity contribution is -0.122. The Bertz CT molecular complexity index is 1010. The second kappa shape index (κ2) is 11.2. The van der Waals surface area contributed by atoms with Crippen molar-refractivity contribution < 1.29 is 4.79 Å². The highest BCUT2D eigenvalue weighted by Crippen LogP contribution is 2.36. The van der Waals surface area contributed by atoms with Gasteiger partial charge in [0, 0.05) is 32.2 Å². The van der Waals surface area contributed by atoms with Crippen LogP contribution in [0.2, 0.25) is 0 Å². The third-order valence-corrected chi connectivity index (χ3v) is 7.64. The third kappa shape index (κ3) is 5.10. The van der Waals surface area contributed by atoms with Gasteiger partial charge in [0.1, 0.15) is 21.8 Å². The number of rotatable bonds is 7. The summed E-state index contributed by atoms with van der Waals surface area (Å²) >= 11 is 6.81. The molecule has 0 aromatic carbocycles. The van der Waals surface area contributed by atoms with Gasteiger partial charge in [-0.2, -0.15) is 5.26 Å². The monoisotopic (exact) mass is 472 g/mol. The van der Waals surface area contributed by atoms with Crippen molar-refractivity contribution in [3.8, 4) is 6.07 Å². The number of anilines is 1. The van der Waals surface area contributed by atoms with Crippen LogP contribution >= 0.6 is 24.0 Å². The average molecular weight is 473 g/mol. The molecule has 0 saturated carbocycles. The van der Waals surface area contributed by atoms with Crippen LogP contribution in [0, 0.1) is 18.3 Å². The van der Waals surface area contributed by atoms with Crippen molar-refractivity contribution >= 4 is 46.1 Å². The predicted molar refractivity (Wildman–Crippen MR) is 136 cm³/mol. The van der Waals surface area contributed by atoms with Crippen molar-refractivity contribution in [3.63, 3.8) is 0 Å². The molecule has 2 fully saturated rings. The minimum absolute atomic E-state index is 0.0786. The first-order chi connectivity index (χ1) is 15.4. The van der Waals surface area contributed by atoms with E-state index in [4.69, 9.17) is 12.2 Å². The lowest BCUT2D eigenvalue weighted by atomic mass is 10.0. The quantitative estimate of drug-likeness (QED) is 0.325. The molecule has 32 heavy (non-hydrogen) atoms. The molecule has 0 aliphatic carbocycles. The normalized spacial score (nSPS) is 18.4. The largest absolute Gasteiger partial charge is 0.357 e. The number of unbranched alkanes of at least 4 members (excludes halogenated alkanes) is 3. The van der Waals surface area contributed by atoms with Gasteiger partial charge in [0.25, 0.3) is 11.5 Å². The number of carbonyl (C=O) groups is 1. The number of carbonyl (C=O) groups excluding carboxylic acids is 1. The molecule has 0 atom stereocenters. The fraction of sp³-hybridized carbons (Fsp3) is 0.583. The van der Waals surface area contributed by atoms with Crippen LogP contribution in [0.4, 0.5) is 5.82 Å². The fourth-order valence-electron chi connectivity index (χ4n) is 4.40. The molecule has 2 aliphatic heterocycles. The highest BCUT2D eigenvalue weighted by atomic mass is 32.2. The van der Waals surface area contributed by atoms with Crippen LogP contribution in [0.5, 0.6) is 0 Å². The summed E-state index contributed by atoms with van der Waals surface area (Å²) in [5, 5.41) is 9.63. The van der Waals surface area contributed by atoms with Crippen molar-refractivity contribution in [3.05, 3.63) is 31.9 Å². The van der Waals surface area contributed by atoms with E-state index >= 15 is 0 Å². The second-order valence-corrected chi connectivity index (χ2v) is 10.2. The highest BCUT2D eigenvalue weighted by Gasteiger charge is 2.32. The molecule has 2 aliphatic rings. The highest BCUT2D eigenvalue weighted by molar-refractivity contribution is 8.26. The molecule has 0 spiro atoms. The molecular weight excluding hydrogens is 440 g/mol. The molecule has 0 N–H and O–H groups in total. The summed E-state index contributed by atoms with van der Waals surface area (Å²) in [5.41, 5.74) is 1.25. The van der Waals surface area contributed by atoms with E-state index in [2.05, 4.69) is 17.9 Å². The molecule has 8 heteroatoms. The topological polar surface area (TPSA) is 69.3 Å². The Hall–Kier alpha value is -2.11. The van der Waals surface area contributed by atoms with E-state index in [-0.39, 0.29) is 17.0 Å². The first kappa shape index (κ1) is 24.5. The van der Waals surface area contributed by atoms with Gasteiger partial charge >= 0.3 is 0 Å². The number of aromatic nitrogens is 1. The summed E-state index contributed by atoms with van der Waals surface area (Å²) in [5.74, 6) is 0.715. The van der Waals surface area contributed by atoms with E-state index < -0.39 is 0 Å². The Balaban J connectivity index is 2.03. The lowest BCUT2D eigenvalue weighted by Crippen LogP contribution is -2.34. The van der Waals surface area contributed by atoms with Crippen LogP contribution in [0.15, 0.2) is 9.70 Å². The number of thioether (sulfide) groups is 1. The number of thiocarbonyl (C=S) groups is 1. The Labute approximate surface area is 200 Å². The van der Waals surface area contributed by atoms with E-state index in [1.54, 1.807) is 23.4 Å². The van der Waals surface area contributed by atoms with Gasteiger partial charge in [0.2, 0.25) is 0 Å². The van der Waals surface area contributed by atoms with Gasteiger partial charge in [-0.25, -0.2) is 0 Å². The summed E-state index contributed by atoms with van der Waals surface area (Å²) in [6.45, 7) is 6.32. The smallest absolute Gasteiger partial charge is 0.270 e. The van der Waals surface area contributed by atoms with Crippen molar-refractivity contribution in [1.82, 2.24) is 9.47 Å². The summed E-state index contributed by atoms with van der Waals surface area (Å²) in [4.78, 5) is 30.5. The van der Waals surface area contributed by atoms with Crippen LogP contribution < -0.4 is 10.5 Å². The number of nitrogens with zero attached hydrogens (tertiary/aromatic N) is 4. The minimum atomic E-state index is -0.287. The van der Waals surface area contributed by atoms with Gasteiger partial charge in [-0.1, -0.05) is 63.0 Å². The minimum Gasteiger partial charge on any atom is -0.357 e. The number of nitriles is 1. The van der Waals surface area contributed by atoms with Crippen LogP contribution in [-0.2, 0) is 11.8 Å². The van der Waals surface area contributed by atoms with Gasteiger partial charge in [0.05, 0.1) is 4.91 Å². The number of amides is 1. The lowest BCUT2D eigenvalue weighted by Gasteiger charge is -2.28. The van der Waals surface area contributed by atoms with Gasteiger partial charge in [-0.05, 0) is 37.8 Å². The van der Waals surface area contributed by atoms with E-state index in [0.29, 0.717) is 21.3 Å². The number of hydrogen-bond donors (Lipinski definition) is 0. The maximum Gasteiger partial charge on any atom is 0.270 e. The Morgan fingerprint density at radius 1 is 1.12 bits per heavy atom. The molecule has 6 nitrogen and oxygen atoms in total. The van der Waals surface area contributed by atoms with Crippen molar-refractivity contribution in [1.29, 1.82) is 5.26 Å². The van der Waals surface area contributed by atoms with E-state index in [1.807, 2.05) is 6.08 Å². The number of pyridine rings is 1. The molecule has 1 aromatic rings. The van der Waals surface area contributed by atoms with Gasteiger partial charge in [-0.15, -0.1) is 0 Å². The molecular formula is C24H32N4O2S2. The van der Waals surface area contributed by atoms with Crippen LogP contribution in [0.25, 0.3) is 6.08 Å². The third-order valence-electron chi connectivity index (χ3n) is 6.26. The van der Waals surface area contributed by atoms with Crippen LogP contribution in [0.1, 0.15) is 75.0 Å². The van der Waals surface area contributed by atoms with Gasteiger partial charge < -0.3 is 4.90 Å². The number of hydrogen-bond acceptors (Lipinski definition) is 6. The van der Waals surface area contributed by atoms with Crippen LogP contribution in [-0.4, -0.2) is 39.3 Å². The fourth-order valence-corrected chi connectivity index (χ4v) is 5.69. The molecule has 172 valence electrons. The zero-order chi connectivity index (χ0) is 23.3. The van der Waals surface area contributed by atoms with Crippen LogP contribution in [0.3, 0.4) is 0 Å². The molecule has 3 rings (SSSR count). The Morgan fingerprint density at radius 2 is 1.81 bits per heavy atom. The first-order valence-electron chi connectivity index (χ1n) is 11.5. The molecule has 0 unspecified atom stereocenters. The SMILES string of the molecule is CCCCCCN1C(=O)/C(=C/c2c(C)c(C#N)c(=O)n(C)c2N2CCCCCC2)SC1=S. The van der Waals surface area contributed by atoms with Crippen molar-refractivity contribution in [2.75, 3.05) is 24.5 Å². The standard InChI is InChI=1S/C24H32N4O2S2/c1-4-5-6-11-14-28-23(30)20(32-24(28)31)15-18-17(2)19(16-25)22(29)26(3)21(18)27-12-9-7-8-10-13-27/h15H,4-14H2,1-3H3/b20-15-. The average Bonchev–Trinajstić information content (AvgIpc) is 2.95. The Morgan fingerprint density at radius 3 is 2.44 bits per heavy atom. The summed E-state index contributed by atoms with van der Waals surface area (Å²) < 4.78 is 2.16. The molecule has 0 radical (unpaired) electrons. The van der Waals surface area contributed by atoms with E-state index in [1.165, 1.54) is 24.6 Å². The predicted octanol–water partition coefficient (Wildman–Crippen LogP) is 4.73. The summed E-state index contributed by atoms with van der Waals surface area (Å²) in [7, 11) is 1.72. The summed E-state index contributed by atoms with van der Waals surface area (Å²) in [6, 6.07) is 2.07. The molecule has 0 bridgehead atoms.